The second-order valence-electron chi connectivity index (χ2n) is 5.62. The quantitative estimate of drug-likeness (QED) is 0.798. The van der Waals surface area contributed by atoms with E-state index in [4.69, 9.17) is 5.11 Å². The van der Waals surface area contributed by atoms with E-state index in [9.17, 15) is 14.0 Å². The first kappa shape index (κ1) is 15.3. The van der Waals surface area contributed by atoms with Gasteiger partial charge in [-0.15, -0.1) is 0 Å². The van der Waals surface area contributed by atoms with Crippen LogP contribution in [0, 0.1) is 17.7 Å². The molecule has 114 valence electrons. The first-order valence-corrected chi connectivity index (χ1v) is 7.03. The van der Waals surface area contributed by atoms with E-state index in [-0.39, 0.29) is 11.3 Å². The number of hydrogen-bond donors (Lipinski definition) is 3. The molecule has 21 heavy (non-hydrogen) atoms. The maximum atomic E-state index is 13.7. The molecular weight excluding hydrogens is 275 g/mol. The van der Waals surface area contributed by atoms with Gasteiger partial charge < -0.3 is 15.7 Å². The molecule has 1 aromatic rings. The molecule has 0 heterocycles. The molecule has 5 nitrogen and oxygen atoms in total. The average molecular weight is 294 g/mol. The number of carboxylic acid groups (broad SMARTS) is 1. The van der Waals surface area contributed by atoms with Crippen molar-refractivity contribution >= 4 is 17.7 Å². The van der Waals surface area contributed by atoms with E-state index in [1.807, 2.05) is 0 Å². The number of carboxylic acids is 1. The number of urea groups is 1. The Morgan fingerprint density at radius 2 is 2.14 bits per heavy atom. The SMILES string of the molecule is CC1CCC(CNC(=O)Nc2ccc(C(=O)O)cc2F)C1. The fourth-order valence-corrected chi connectivity index (χ4v) is 2.66. The van der Waals surface area contributed by atoms with Crippen molar-refractivity contribution in [1.29, 1.82) is 0 Å². The molecule has 3 N–H and O–H groups in total. The van der Waals surface area contributed by atoms with Crippen molar-refractivity contribution in [3.8, 4) is 0 Å². The lowest BCUT2D eigenvalue weighted by Gasteiger charge is -2.12. The van der Waals surface area contributed by atoms with Gasteiger partial charge in [0.15, 0.2) is 0 Å². The summed E-state index contributed by atoms with van der Waals surface area (Å²) < 4.78 is 13.7. The predicted molar refractivity (Wildman–Crippen MR) is 76.9 cm³/mol. The summed E-state index contributed by atoms with van der Waals surface area (Å²) in [6.45, 7) is 2.77. The van der Waals surface area contributed by atoms with Crippen LogP contribution in [0.1, 0.15) is 36.5 Å². The smallest absolute Gasteiger partial charge is 0.335 e. The topological polar surface area (TPSA) is 78.4 Å². The highest BCUT2D eigenvalue weighted by Crippen LogP contribution is 2.29. The summed E-state index contributed by atoms with van der Waals surface area (Å²) in [6.07, 6.45) is 3.38. The minimum Gasteiger partial charge on any atom is -0.478 e. The third-order valence-electron chi connectivity index (χ3n) is 3.82. The number of amides is 2. The fraction of sp³-hybridized carbons (Fsp3) is 0.467. The number of rotatable bonds is 4. The Balaban J connectivity index is 1.86. The van der Waals surface area contributed by atoms with Crippen molar-refractivity contribution in [2.45, 2.75) is 26.2 Å². The van der Waals surface area contributed by atoms with Crippen LogP contribution in [-0.2, 0) is 0 Å². The summed E-state index contributed by atoms with van der Waals surface area (Å²) in [5.41, 5.74) is -0.185. The largest absolute Gasteiger partial charge is 0.478 e. The minimum absolute atomic E-state index is 0.0303. The van der Waals surface area contributed by atoms with Crippen LogP contribution in [-0.4, -0.2) is 23.7 Å². The Labute approximate surface area is 122 Å². The van der Waals surface area contributed by atoms with Crippen LogP contribution in [0.25, 0.3) is 0 Å². The summed E-state index contributed by atoms with van der Waals surface area (Å²) in [5, 5.41) is 13.9. The van der Waals surface area contributed by atoms with Gasteiger partial charge >= 0.3 is 12.0 Å². The van der Waals surface area contributed by atoms with Crippen LogP contribution >= 0.6 is 0 Å². The zero-order valence-electron chi connectivity index (χ0n) is 11.9. The number of aromatic carboxylic acids is 1. The van der Waals surface area contributed by atoms with Gasteiger partial charge in [-0.25, -0.2) is 14.0 Å². The third kappa shape index (κ3) is 4.18. The van der Waals surface area contributed by atoms with E-state index in [0.717, 1.165) is 18.9 Å². The summed E-state index contributed by atoms with van der Waals surface area (Å²) in [6, 6.07) is 2.91. The van der Waals surface area contributed by atoms with Crippen LogP contribution in [0.4, 0.5) is 14.9 Å². The molecule has 6 heteroatoms. The molecule has 2 amide bonds. The maximum Gasteiger partial charge on any atom is 0.335 e. The molecule has 2 rings (SSSR count). The zero-order chi connectivity index (χ0) is 15.4. The summed E-state index contributed by atoms with van der Waals surface area (Å²) in [7, 11) is 0. The van der Waals surface area contributed by atoms with E-state index < -0.39 is 17.8 Å². The number of anilines is 1. The molecule has 0 aromatic heterocycles. The standard InChI is InChI=1S/C15H19FN2O3/c1-9-2-3-10(6-9)8-17-15(21)18-13-5-4-11(14(19)20)7-12(13)16/h4-5,7,9-10H,2-3,6,8H2,1H3,(H,19,20)(H2,17,18,21). The Morgan fingerprint density at radius 3 is 2.71 bits per heavy atom. The van der Waals surface area contributed by atoms with Crippen LogP contribution in [0.2, 0.25) is 0 Å². The van der Waals surface area contributed by atoms with E-state index in [1.54, 1.807) is 0 Å². The molecule has 2 unspecified atom stereocenters. The highest BCUT2D eigenvalue weighted by molar-refractivity contribution is 5.91. The molecule has 1 fully saturated rings. The molecule has 0 radical (unpaired) electrons. The van der Waals surface area contributed by atoms with Crippen molar-refractivity contribution in [2.24, 2.45) is 11.8 Å². The minimum atomic E-state index is -1.21. The van der Waals surface area contributed by atoms with Crippen LogP contribution < -0.4 is 10.6 Å². The molecule has 1 saturated carbocycles. The number of benzene rings is 1. The van der Waals surface area contributed by atoms with Gasteiger partial charge in [0.25, 0.3) is 0 Å². The molecule has 0 saturated heterocycles. The molecular formula is C15H19FN2O3. The van der Waals surface area contributed by atoms with Crippen molar-refractivity contribution in [2.75, 3.05) is 11.9 Å². The van der Waals surface area contributed by atoms with Crippen molar-refractivity contribution in [3.05, 3.63) is 29.6 Å². The molecule has 0 aliphatic heterocycles. The average Bonchev–Trinajstić information content (AvgIpc) is 2.84. The van der Waals surface area contributed by atoms with Crippen LogP contribution in [0.15, 0.2) is 18.2 Å². The van der Waals surface area contributed by atoms with E-state index in [2.05, 4.69) is 17.6 Å². The summed E-state index contributed by atoms with van der Waals surface area (Å²) in [5.74, 6) is -0.800. The predicted octanol–water partition coefficient (Wildman–Crippen LogP) is 3.08. The second kappa shape index (κ2) is 6.56. The zero-order valence-corrected chi connectivity index (χ0v) is 11.9. The number of halogens is 1. The van der Waals surface area contributed by atoms with Gasteiger partial charge in [0, 0.05) is 6.54 Å². The van der Waals surface area contributed by atoms with E-state index in [1.165, 1.54) is 18.6 Å². The Kier molecular flexibility index (Phi) is 4.77. The van der Waals surface area contributed by atoms with Crippen molar-refractivity contribution < 1.29 is 19.1 Å². The second-order valence-corrected chi connectivity index (χ2v) is 5.62. The van der Waals surface area contributed by atoms with Crippen molar-refractivity contribution in [3.63, 3.8) is 0 Å². The van der Waals surface area contributed by atoms with Gasteiger partial charge in [-0.2, -0.15) is 0 Å². The lowest BCUT2D eigenvalue weighted by Crippen LogP contribution is -2.32. The first-order valence-electron chi connectivity index (χ1n) is 7.03. The highest BCUT2D eigenvalue weighted by atomic mass is 19.1. The number of nitrogens with one attached hydrogen (secondary N) is 2. The van der Waals surface area contributed by atoms with Gasteiger partial charge in [-0.05, 0) is 42.9 Å². The Bertz CT molecular complexity index is 548. The van der Waals surface area contributed by atoms with Gasteiger partial charge in [0.05, 0.1) is 11.3 Å². The van der Waals surface area contributed by atoms with Gasteiger partial charge in [-0.3, -0.25) is 0 Å². The van der Waals surface area contributed by atoms with Crippen LogP contribution in [0.5, 0.6) is 0 Å². The maximum absolute atomic E-state index is 13.7. The van der Waals surface area contributed by atoms with Gasteiger partial charge in [0.2, 0.25) is 0 Å². The molecule has 0 bridgehead atoms. The molecule has 0 spiro atoms. The van der Waals surface area contributed by atoms with Gasteiger partial charge in [-0.1, -0.05) is 13.3 Å². The number of carbonyl (C=O) groups excluding carboxylic acids is 1. The normalized spacial score (nSPS) is 21.0. The highest BCUT2D eigenvalue weighted by Gasteiger charge is 2.21. The molecule has 1 aromatic carbocycles. The van der Waals surface area contributed by atoms with E-state index >= 15 is 0 Å². The molecule has 1 aliphatic carbocycles. The Morgan fingerprint density at radius 1 is 1.38 bits per heavy atom. The number of carbonyl (C=O) groups is 2. The Hall–Kier alpha value is -2.11. The fourth-order valence-electron chi connectivity index (χ4n) is 2.66. The first-order chi connectivity index (χ1) is 9.95. The molecule has 1 aliphatic rings. The summed E-state index contributed by atoms with van der Waals surface area (Å²) >= 11 is 0. The lowest BCUT2D eigenvalue weighted by molar-refractivity contribution is 0.0696. The monoisotopic (exact) mass is 294 g/mol. The van der Waals surface area contributed by atoms with Gasteiger partial charge in [0.1, 0.15) is 5.82 Å². The van der Waals surface area contributed by atoms with Crippen molar-refractivity contribution in [1.82, 2.24) is 5.32 Å². The van der Waals surface area contributed by atoms with Crippen LogP contribution in [0.3, 0.4) is 0 Å². The van der Waals surface area contributed by atoms with E-state index in [0.29, 0.717) is 18.4 Å². The number of hydrogen-bond acceptors (Lipinski definition) is 2. The summed E-state index contributed by atoms with van der Waals surface area (Å²) in [4.78, 5) is 22.4. The third-order valence-corrected chi connectivity index (χ3v) is 3.82. The lowest BCUT2D eigenvalue weighted by atomic mass is 10.1. The molecule has 2 atom stereocenters.